The number of terminal acetylenes is 1. The van der Waals surface area contributed by atoms with E-state index in [2.05, 4.69) is 5.92 Å². The van der Waals surface area contributed by atoms with Crippen LogP contribution in [0.1, 0.15) is 13.8 Å². The second-order valence-electron chi connectivity index (χ2n) is 2.55. The molecule has 0 aromatic carbocycles. The highest BCUT2D eigenvalue weighted by atomic mass is 32.2. The van der Waals surface area contributed by atoms with Crippen LogP contribution in [-0.4, -0.2) is 31.6 Å². The molecule has 0 unspecified atom stereocenters. The minimum Gasteiger partial charge on any atom is -0.212 e. The van der Waals surface area contributed by atoms with E-state index in [0.717, 1.165) is 0 Å². The third-order valence-corrected chi connectivity index (χ3v) is 3.53. The first-order valence-corrected chi connectivity index (χ1v) is 4.82. The van der Waals surface area contributed by atoms with Crippen LogP contribution in [0.3, 0.4) is 0 Å². The van der Waals surface area contributed by atoms with Gasteiger partial charge in [-0.1, -0.05) is 5.92 Å². The van der Waals surface area contributed by atoms with E-state index in [1.54, 1.807) is 13.8 Å². The lowest BCUT2D eigenvalue weighted by Crippen LogP contribution is -2.33. The van der Waals surface area contributed by atoms with Crippen molar-refractivity contribution in [3.05, 3.63) is 0 Å². The number of hydrogen-bond donors (Lipinski definition) is 0. The number of rotatable bonds is 3. The zero-order valence-electron chi connectivity index (χ0n) is 7.03. The van der Waals surface area contributed by atoms with Crippen molar-refractivity contribution >= 4 is 10.0 Å². The third-order valence-electron chi connectivity index (χ3n) is 1.34. The predicted molar refractivity (Wildman–Crippen MR) is 45.5 cm³/mol. The Kier molecular flexibility index (Phi) is 3.56. The standard InChI is InChI=1S/C7H13NO2S/c1-5-6-8(4)11(9,10)7(2)3/h1,7H,6H2,2-4H3. The Balaban J connectivity index is 4.47. The summed E-state index contributed by atoms with van der Waals surface area (Å²) in [6.45, 7) is 3.39. The second-order valence-corrected chi connectivity index (χ2v) is 5.15. The maximum Gasteiger partial charge on any atom is 0.217 e. The highest BCUT2D eigenvalue weighted by Gasteiger charge is 2.20. The van der Waals surface area contributed by atoms with Crippen molar-refractivity contribution in [3.8, 4) is 12.3 Å². The summed E-state index contributed by atoms with van der Waals surface area (Å²) in [7, 11) is -1.67. The zero-order valence-corrected chi connectivity index (χ0v) is 7.85. The first-order chi connectivity index (χ1) is 4.92. The van der Waals surface area contributed by atoms with Crippen LogP contribution in [0, 0.1) is 12.3 Å². The SMILES string of the molecule is C#CCN(C)S(=O)(=O)C(C)C. The van der Waals surface area contributed by atoms with Crippen molar-refractivity contribution in [3.63, 3.8) is 0 Å². The maximum atomic E-state index is 11.3. The van der Waals surface area contributed by atoms with Gasteiger partial charge in [0.25, 0.3) is 0 Å². The summed E-state index contributed by atoms with van der Waals surface area (Å²) in [5.74, 6) is 2.28. The van der Waals surface area contributed by atoms with Gasteiger partial charge in [-0.2, -0.15) is 4.31 Å². The first kappa shape index (κ1) is 10.5. The predicted octanol–water partition coefficient (Wildman–Crippen LogP) is 0.290. The van der Waals surface area contributed by atoms with Gasteiger partial charge in [-0.05, 0) is 13.8 Å². The van der Waals surface area contributed by atoms with Crippen molar-refractivity contribution in [1.82, 2.24) is 4.31 Å². The monoisotopic (exact) mass is 175 g/mol. The quantitative estimate of drug-likeness (QED) is 0.578. The Hall–Kier alpha value is -0.530. The van der Waals surface area contributed by atoms with E-state index >= 15 is 0 Å². The van der Waals surface area contributed by atoms with E-state index in [4.69, 9.17) is 6.42 Å². The van der Waals surface area contributed by atoms with Gasteiger partial charge in [-0.25, -0.2) is 8.42 Å². The van der Waals surface area contributed by atoms with Crippen molar-refractivity contribution in [1.29, 1.82) is 0 Å². The highest BCUT2D eigenvalue weighted by Crippen LogP contribution is 2.04. The lowest BCUT2D eigenvalue weighted by atomic mass is 10.6. The zero-order chi connectivity index (χ0) is 9.07. The van der Waals surface area contributed by atoms with E-state index in [-0.39, 0.29) is 6.54 Å². The number of hydrogen-bond acceptors (Lipinski definition) is 2. The first-order valence-electron chi connectivity index (χ1n) is 3.31. The molecule has 0 aliphatic carbocycles. The summed E-state index contributed by atoms with van der Waals surface area (Å²) >= 11 is 0. The number of sulfonamides is 1. The molecule has 0 aromatic heterocycles. The molecule has 0 bridgehead atoms. The van der Waals surface area contributed by atoms with E-state index in [1.165, 1.54) is 11.4 Å². The van der Waals surface area contributed by atoms with E-state index in [9.17, 15) is 8.42 Å². The number of nitrogens with zero attached hydrogens (tertiary/aromatic N) is 1. The summed E-state index contributed by atoms with van der Waals surface area (Å²) in [4.78, 5) is 0. The molecule has 0 fully saturated rings. The molecule has 0 heterocycles. The molecule has 0 aliphatic heterocycles. The molecule has 0 rings (SSSR count). The highest BCUT2D eigenvalue weighted by molar-refractivity contribution is 7.89. The normalized spacial score (nSPS) is 12.0. The van der Waals surface area contributed by atoms with Gasteiger partial charge in [0, 0.05) is 7.05 Å². The third kappa shape index (κ3) is 2.52. The summed E-state index contributed by atoms with van der Waals surface area (Å²) in [5, 5.41) is -0.402. The largest absolute Gasteiger partial charge is 0.217 e. The van der Waals surface area contributed by atoms with Crippen molar-refractivity contribution < 1.29 is 8.42 Å². The molecule has 64 valence electrons. The van der Waals surface area contributed by atoms with Crippen LogP contribution < -0.4 is 0 Å². The molecule has 0 atom stereocenters. The fourth-order valence-electron chi connectivity index (χ4n) is 0.578. The van der Waals surface area contributed by atoms with Gasteiger partial charge in [0.05, 0.1) is 11.8 Å². The van der Waals surface area contributed by atoms with E-state index in [1.807, 2.05) is 0 Å². The molecule has 0 saturated carbocycles. The van der Waals surface area contributed by atoms with Crippen molar-refractivity contribution in [2.75, 3.05) is 13.6 Å². The Labute approximate surface area is 68.4 Å². The molecule has 0 aromatic rings. The molecule has 3 nitrogen and oxygen atoms in total. The van der Waals surface area contributed by atoms with Gasteiger partial charge in [0.1, 0.15) is 0 Å². The average Bonchev–Trinajstić information content (AvgIpc) is 1.88. The van der Waals surface area contributed by atoms with E-state index in [0.29, 0.717) is 0 Å². The van der Waals surface area contributed by atoms with Crippen LogP contribution in [0.25, 0.3) is 0 Å². The smallest absolute Gasteiger partial charge is 0.212 e. The summed E-state index contributed by atoms with van der Waals surface area (Å²) in [5.41, 5.74) is 0. The molecular weight excluding hydrogens is 162 g/mol. The van der Waals surface area contributed by atoms with Gasteiger partial charge in [-0.3, -0.25) is 0 Å². The Bertz CT molecular complexity index is 248. The van der Waals surface area contributed by atoms with Crippen LogP contribution in [0.2, 0.25) is 0 Å². The summed E-state index contributed by atoms with van der Waals surface area (Å²) < 4.78 is 23.7. The molecule has 0 saturated heterocycles. The molecular formula is C7H13NO2S. The van der Waals surface area contributed by atoms with Gasteiger partial charge in [0.15, 0.2) is 0 Å². The van der Waals surface area contributed by atoms with Crippen molar-refractivity contribution in [2.45, 2.75) is 19.1 Å². The Morgan fingerprint density at radius 2 is 2.00 bits per heavy atom. The lowest BCUT2D eigenvalue weighted by molar-refractivity contribution is 0.494. The Morgan fingerprint density at radius 1 is 1.55 bits per heavy atom. The van der Waals surface area contributed by atoms with Gasteiger partial charge < -0.3 is 0 Å². The summed E-state index contributed by atoms with van der Waals surface area (Å²) in [6.07, 6.45) is 4.97. The van der Waals surface area contributed by atoms with Crippen LogP contribution >= 0.6 is 0 Å². The van der Waals surface area contributed by atoms with Gasteiger partial charge in [-0.15, -0.1) is 6.42 Å². The second kappa shape index (κ2) is 3.74. The minimum absolute atomic E-state index is 0.139. The maximum absolute atomic E-state index is 11.3. The molecule has 0 spiro atoms. The lowest BCUT2D eigenvalue weighted by Gasteiger charge is -2.16. The molecule has 0 aliphatic rings. The van der Waals surface area contributed by atoms with Crippen LogP contribution in [0.15, 0.2) is 0 Å². The minimum atomic E-state index is -3.15. The molecule has 11 heavy (non-hydrogen) atoms. The molecule has 4 heteroatoms. The van der Waals surface area contributed by atoms with Gasteiger partial charge in [0.2, 0.25) is 10.0 Å². The van der Waals surface area contributed by atoms with Crippen LogP contribution in [0.5, 0.6) is 0 Å². The van der Waals surface area contributed by atoms with Crippen molar-refractivity contribution in [2.24, 2.45) is 0 Å². The topological polar surface area (TPSA) is 37.4 Å². The van der Waals surface area contributed by atoms with Crippen LogP contribution in [-0.2, 0) is 10.0 Å². The molecule has 0 radical (unpaired) electrons. The van der Waals surface area contributed by atoms with Crippen LogP contribution in [0.4, 0.5) is 0 Å². The summed E-state index contributed by atoms with van der Waals surface area (Å²) in [6, 6.07) is 0. The van der Waals surface area contributed by atoms with Gasteiger partial charge >= 0.3 is 0 Å². The molecule has 0 N–H and O–H groups in total. The Morgan fingerprint density at radius 3 is 2.27 bits per heavy atom. The molecule has 0 amide bonds. The fourth-order valence-corrected chi connectivity index (χ4v) is 1.55. The van der Waals surface area contributed by atoms with E-state index < -0.39 is 15.3 Å². The average molecular weight is 175 g/mol. The fraction of sp³-hybridized carbons (Fsp3) is 0.714.